The lowest BCUT2D eigenvalue weighted by Crippen LogP contribution is -2.58. The van der Waals surface area contributed by atoms with E-state index in [2.05, 4.69) is 9.98 Å². The quantitative estimate of drug-likeness (QED) is 0.581. The molecule has 1 aliphatic carbocycles. The number of guanidine groups is 2. The van der Waals surface area contributed by atoms with Crippen LogP contribution in [-0.4, -0.2) is 17.6 Å². The molecule has 11 heteroatoms. The average molecular weight is 379 g/mol. The van der Waals surface area contributed by atoms with Crippen molar-refractivity contribution in [2.45, 2.75) is 43.9 Å². The molecule has 0 radical (unpaired) electrons. The largest absolute Gasteiger partial charge is 0.422 e. The molecule has 1 aromatic rings. The van der Waals surface area contributed by atoms with E-state index < -0.39 is 46.5 Å². The zero-order chi connectivity index (χ0) is 19.3. The summed E-state index contributed by atoms with van der Waals surface area (Å²) in [5.74, 6) is -6.75. The molecule has 1 aromatic carbocycles. The van der Waals surface area contributed by atoms with Crippen molar-refractivity contribution in [2.75, 3.05) is 4.90 Å². The van der Waals surface area contributed by atoms with E-state index in [0.29, 0.717) is 25.7 Å². The number of halogens is 6. The first kappa shape index (κ1) is 18.3. The van der Waals surface area contributed by atoms with Gasteiger partial charge in [0.05, 0.1) is 5.69 Å². The van der Waals surface area contributed by atoms with Gasteiger partial charge >= 0.3 is 6.18 Å². The average Bonchev–Trinajstić information content (AvgIpc) is 2.50. The third-order valence-corrected chi connectivity index (χ3v) is 4.52. The van der Waals surface area contributed by atoms with Crippen LogP contribution in [0.2, 0.25) is 0 Å². The molecule has 0 bridgehead atoms. The van der Waals surface area contributed by atoms with Gasteiger partial charge in [0.25, 0.3) is 0 Å². The smallest absolute Gasteiger partial charge is 0.369 e. The van der Waals surface area contributed by atoms with Crippen LogP contribution in [0.25, 0.3) is 0 Å². The molecule has 1 aliphatic heterocycles. The van der Waals surface area contributed by atoms with E-state index in [0.717, 1.165) is 11.3 Å². The summed E-state index contributed by atoms with van der Waals surface area (Å²) in [4.78, 5) is 8.78. The van der Waals surface area contributed by atoms with E-state index in [-0.39, 0.29) is 12.0 Å². The van der Waals surface area contributed by atoms with Gasteiger partial charge in [-0.25, -0.2) is 18.2 Å². The van der Waals surface area contributed by atoms with Crippen molar-refractivity contribution in [3.8, 4) is 0 Å². The fraction of sp³-hybridized carbons (Fsp3) is 0.467. The van der Waals surface area contributed by atoms with Crippen molar-refractivity contribution in [3.05, 3.63) is 29.1 Å². The highest BCUT2D eigenvalue weighted by atomic mass is 19.4. The van der Waals surface area contributed by atoms with Crippen molar-refractivity contribution in [1.29, 1.82) is 0 Å². The number of hydrogen-bond acceptors (Lipinski definition) is 5. The molecular formula is C15H15F6N5. The summed E-state index contributed by atoms with van der Waals surface area (Å²) in [6.45, 7) is 0. The molecule has 0 saturated heterocycles. The van der Waals surface area contributed by atoms with Crippen LogP contribution in [0, 0.1) is 17.5 Å². The third kappa shape index (κ3) is 2.84. The molecule has 0 unspecified atom stereocenters. The Morgan fingerprint density at radius 1 is 1.00 bits per heavy atom. The molecule has 0 atom stereocenters. The Bertz CT molecular complexity index is 795. The first-order valence-electron chi connectivity index (χ1n) is 7.81. The first-order chi connectivity index (χ1) is 12.1. The summed E-state index contributed by atoms with van der Waals surface area (Å²) in [7, 11) is 0. The van der Waals surface area contributed by atoms with E-state index in [9.17, 15) is 26.3 Å². The molecule has 0 aromatic heterocycles. The molecule has 1 spiro atoms. The molecule has 3 rings (SSSR count). The maximum Gasteiger partial charge on any atom is 0.422 e. The van der Waals surface area contributed by atoms with E-state index >= 15 is 0 Å². The summed E-state index contributed by atoms with van der Waals surface area (Å²) < 4.78 is 80.9. The minimum atomic E-state index is -5.39. The van der Waals surface area contributed by atoms with Gasteiger partial charge in [-0.15, -0.1) is 0 Å². The number of alkyl halides is 3. The normalized spacial score (nSPS) is 20.2. The van der Waals surface area contributed by atoms with E-state index in [1.807, 2.05) is 0 Å². The van der Waals surface area contributed by atoms with Gasteiger partial charge in [0.15, 0.2) is 11.6 Å². The number of nitrogens with two attached hydrogens (primary N) is 2. The Hall–Kier alpha value is -2.46. The molecule has 1 saturated carbocycles. The van der Waals surface area contributed by atoms with Crippen molar-refractivity contribution < 1.29 is 26.3 Å². The van der Waals surface area contributed by atoms with Crippen LogP contribution in [0.3, 0.4) is 0 Å². The molecule has 5 nitrogen and oxygen atoms in total. The SMILES string of the molecule is NC1=NC2(CCCCC2)N(c2cc(F)c(C(F)(F)F)c(F)c2F)C(N)=N1. The monoisotopic (exact) mass is 379 g/mol. The van der Waals surface area contributed by atoms with Gasteiger partial charge in [-0.1, -0.05) is 6.42 Å². The minimum absolute atomic E-state index is 0.186. The Kier molecular flexibility index (Phi) is 4.27. The Balaban J connectivity index is 2.20. The van der Waals surface area contributed by atoms with Crippen LogP contribution in [0.15, 0.2) is 16.1 Å². The van der Waals surface area contributed by atoms with Crippen molar-refractivity contribution in [2.24, 2.45) is 21.5 Å². The number of nitrogens with zero attached hydrogens (tertiary/aromatic N) is 3. The van der Waals surface area contributed by atoms with Gasteiger partial charge in [0.1, 0.15) is 17.0 Å². The predicted octanol–water partition coefficient (Wildman–Crippen LogP) is 3.23. The van der Waals surface area contributed by atoms with Gasteiger partial charge in [-0.3, -0.25) is 4.90 Å². The molecule has 4 N–H and O–H groups in total. The topological polar surface area (TPSA) is 80.0 Å². The van der Waals surface area contributed by atoms with Crippen molar-refractivity contribution >= 4 is 17.6 Å². The van der Waals surface area contributed by atoms with Crippen LogP contribution in [-0.2, 0) is 6.18 Å². The molecule has 0 amide bonds. The third-order valence-electron chi connectivity index (χ3n) is 4.52. The lowest BCUT2D eigenvalue weighted by atomic mass is 9.87. The van der Waals surface area contributed by atoms with Crippen molar-refractivity contribution in [1.82, 2.24) is 0 Å². The number of anilines is 1. The summed E-state index contributed by atoms with van der Waals surface area (Å²) >= 11 is 0. The fourth-order valence-corrected chi connectivity index (χ4v) is 3.47. The first-order valence-corrected chi connectivity index (χ1v) is 7.81. The molecule has 1 heterocycles. The lowest BCUT2D eigenvalue weighted by molar-refractivity contribution is -0.142. The van der Waals surface area contributed by atoms with Crippen molar-refractivity contribution in [3.63, 3.8) is 0 Å². The second-order valence-electron chi connectivity index (χ2n) is 6.20. The highest BCUT2D eigenvalue weighted by molar-refractivity contribution is 6.05. The fourth-order valence-electron chi connectivity index (χ4n) is 3.47. The second kappa shape index (κ2) is 6.06. The van der Waals surface area contributed by atoms with Crippen LogP contribution in [0.5, 0.6) is 0 Å². The van der Waals surface area contributed by atoms with Gasteiger partial charge in [0.2, 0.25) is 11.9 Å². The zero-order valence-corrected chi connectivity index (χ0v) is 13.4. The molecule has 2 aliphatic rings. The van der Waals surface area contributed by atoms with Crippen LogP contribution < -0.4 is 16.4 Å². The molecule has 1 fully saturated rings. The minimum Gasteiger partial charge on any atom is -0.369 e. The van der Waals surface area contributed by atoms with Gasteiger partial charge < -0.3 is 11.5 Å². The maximum atomic E-state index is 14.5. The van der Waals surface area contributed by atoms with E-state index in [1.54, 1.807) is 0 Å². The maximum absolute atomic E-state index is 14.5. The van der Waals surface area contributed by atoms with Gasteiger partial charge in [-0.05, 0) is 25.7 Å². The van der Waals surface area contributed by atoms with E-state index in [4.69, 9.17) is 11.5 Å². The van der Waals surface area contributed by atoms with Gasteiger partial charge in [-0.2, -0.15) is 18.2 Å². The number of aliphatic imine (C=N–C) groups is 2. The number of benzene rings is 1. The van der Waals surface area contributed by atoms with E-state index in [1.165, 1.54) is 0 Å². The Labute approximate surface area is 144 Å². The zero-order valence-electron chi connectivity index (χ0n) is 13.4. The number of hydrogen-bond donors (Lipinski definition) is 2. The standard InChI is InChI=1S/C15H15F6N5/c16-7-6-8(10(17)11(18)9(7)15(19,20)21)26-13(23)24-12(22)25-14(26)4-2-1-3-5-14/h6H,1-5H2,(H4,22,23,24,25). The Morgan fingerprint density at radius 3 is 2.19 bits per heavy atom. The molecule has 142 valence electrons. The predicted molar refractivity (Wildman–Crippen MR) is 82.9 cm³/mol. The van der Waals surface area contributed by atoms with Gasteiger partial charge in [0, 0.05) is 6.07 Å². The summed E-state index contributed by atoms with van der Waals surface area (Å²) in [6.07, 6.45) is -2.59. The van der Waals surface area contributed by atoms with Crippen LogP contribution in [0.4, 0.5) is 32.0 Å². The van der Waals surface area contributed by atoms with Crippen LogP contribution in [0.1, 0.15) is 37.7 Å². The molecular weight excluding hydrogens is 364 g/mol. The second-order valence-corrected chi connectivity index (χ2v) is 6.20. The molecule has 26 heavy (non-hydrogen) atoms. The Morgan fingerprint density at radius 2 is 1.62 bits per heavy atom. The lowest BCUT2D eigenvalue weighted by Gasteiger charge is -2.45. The number of rotatable bonds is 1. The van der Waals surface area contributed by atoms with Crippen LogP contribution >= 0.6 is 0 Å². The summed E-state index contributed by atoms with van der Waals surface area (Å²) in [6, 6.07) is 0.261. The summed E-state index contributed by atoms with van der Waals surface area (Å²) in [5.41, 5.74) is 7.06. The summed E-state index contributed by atoms with van der Waals surface area (Å²) in [5, 5.41) is 0. The highest BCUT2D eigenvalue weighted by Gasteiger charge is 2.46. The highest BCUT2D eigenvalue weighted by Crippen LogP contribution is 2.43.